The molecule has 0 fully saturated rings. The minimum Gasteiger partial charge on any atom is -0.273 e. The van der Waals surface area contributed by atoms with Gasteiger partial charge in [0, 0.05) is 5.56 Å². The lowest BCUT2D eigenvalue weighted by Gasteiger charge is -2.08. The Morgan fingerprint density at radius 2 is 1.58 bits per heavy atom. The highest BCUT2D eigenvalue weighted by atomic mass is 19.1. The standard InChI is InChI=1S/C19H17FN4O2/c1-11-12(2)22-17-10-14(5-8-16(17)21-11)19(26)24-23-18(25)9-13-3-6-15(20)7-4-13/h3-8,10H,9H2,1-2H3,(H,23,25)(H,24,26). The van der Waals surface area contributed by atoms with Crippen LogP contribution in [0.25, 0.3) is 11.0 Å². The van der Waals surface area contributed by atoms with Gasteiger partial charge in [-0.1, -0.05) is 12.1 Å². The van der Waals surface area contributed by atoms with E-state index >= 15 is 0 Å². The highest BCUT2D eigenvalue weighted by Crippen LogP contribution is 2.14. The maximum atomic E-state index is 12.9. The third-order valence-corrected chi connectivity index (χ3v) is 3.93. The van der Waals surface area contributed by atoms with Crippen LogP contribution in [0, 0.1) is 19.7 Å². The fraction of sp³-hybridized carbons (Fsp3) is 0.158. The Labute approximate surface area is 149 Å². The SMILES string of the molecule is Cc1nc2ccc(C(=O)NNC(=O)Cc3ccc(F)cc3)cc2nc1C. The van der Waals surface area contributed by atoms with E-state index in [1.165, 1.54) is 24.3 Å². The second-order valence-corrected chi connectivity index (χ2v) is 5.90. The molecule has 0 bridgehead atoms. The Kier molecular flexibility index (Phi) is 4.88. The zero-order valence-corrected chi connectivity index (χ0v) is 14.3. The average Bonchev–Trinajstić information content (AvgIpc) is 2.62. The van der Waals surface area contributed by atoms with Crippen molar-refractivity contribution in [3.63, 3.8) is 0 Å². The molecule has 0 radical (unpaired) electrons. The minimum atomic E-state index is -0.459. The summed E-state index contributed by atoms with van der Waals surface area (Å²) in [5, 5.41) is 0. The maximum Gasteiger partial charge on any atom is 0.269 e. The van der Waals surface area contributed by atoms with Crippen LogP contribution in [0.4, 0.5) is 4.39 Å². The van der Waals surface area contributed by atoms with Crippen molar-refractivity contribution in [2.24, 2.45) is 0 Å². The number of aryl methyl sites for hydroxylation is 2. The molecular formula is C19H17FN4O2. The Morgan fingerprint density at radius 3 is 2.27 bits per heavy atom. The molecule has 2 aromatic carbocycles. The second kappa shape index (κ2) is 7.26. The summed E-state index contributed by atoms with van der Waals surface area (Å²) in [6.45, 7) is 3.73. The monoisotopic (exact) mass is 352 g/mol. The first-order chi connectivity index (χ1) is 12.4. The van der Waals surface area contributed by atoms with Crippen molar-refractivity contribution in [1.82, 2.24) is 20.8 Å². The molecule has 0 aliphatic rings. The first-order valence-electron chi connectivity index (χ1n) is 8.01. The van der Waals surface area contributed by atoms with E-state index in [4.69, 9.17) is 0 Å². The Bertz CT molecular complexity index is 987. The van der Waals surface area contributed by atoms with Crippen molar-refractivity contribution < 1.29 is 14.0 Å². The molecule has 26 heavy (non-hydrogen) atoms. The van der Waals surface area contributed by atoms with E-state index in [1.54, 1.807) is 18.2 Å². The third kappa shape index (κ3) is 4.00. The Balaban J connectivity index is 1.64. The Morgan fingerprint density at radius 1 is 0.923 bits per heavy atom. The molecule has 7 heteroatoms. The number of fused-ring (bicyclic) bond motifs is 1. The van der Waals surface area contributed by atoms with E-state index in [1.807, 2.05) is 13.8 Å². The zero-order valence-electron chi connectivity index (χ0n) is 14.3. The largest absolute Gasteiger partial charge is 0.273 e. The van der Waals surface area contributed by atoms with Crippen LogP contribution in [0.1, 0.15) is 27.3 Å². The predicted octanol–water partition coefficient (Wildman–Crippen LogP) is 2.39. The van der Waals surface area contributed by atoms with Gasteiger partial charge in [0.25, 0.3) is 5.91 Å². The van der Waals surface area contributed by atoms with Crippen molar-refractivity contribution in [1.29, 1.82) is 0 Å². The Hall–Kier alpha value is -3.35. The number of hydrogen-bond donors (Lipinski definition) is 2. The lowest BCUT2D eigenvalue weighted by atomic mass is 10.1. The fourth-order valence-electron chi connectivity index (χ4n) is 2.40. The van der Waals surface area contributed by atoms with E-state index < -0.39 is 11.8 Å². The highest BCUT2D eigenvalue weighted by Gasteiger charge is 2.10. The number of hydrazine groups is 1. The number of benzene rings is 2. The van der Waals surface area contributed by atoms with E-state index in [9.17, 15) is 14.0 Å². The van der Waals surface area contributed by atoms with Crippen LogP contribution in [-0.4, -0.2) is 21.8 Å². The van der Waals surface area contributed by atoms with Gasteiger partial charge < -0.3 is 0 Å². The summed E-state index contributed by atoms with van der Waals surface area (Å²) in [6, 6.07) is 10.5. The van der Waals surface area contributed by atoms with Gasteiger partial charge in [-0.25, -0.2) is 14.4 Å². The molecule has 0 saturated carbocycles. The first-order valence-corrected chi connectivity index (χ1v) is 8.01. The number of aromatic nitrogens is 2. The molecule has 0 unspecified atom stereocenters. The third-order valence-electron chi connectivity index (χ3n) is 3.93. The quantitative estimate of drug-likeness (QED) is 0.709. The van der Waals surface area contributed by atoms with Crippen LogP contribution < -0.4 is 10.9 Å². The van der Waals surface area contributed by atoms with Crippen LogP contribution >= 0.6 is 0 Å². The zero-order chi connectivity index (χ0) is 18.7. The molecule has 3 aromatic rings. The van der Waals surface area contributed by atoms with E-state index in [-0.39, 0.29) is 12.2 Å². The van der Waals surface area contributed by atoms with Crippen LogP contribution in [-0.2, 0) is 11.2 Å². The van der Waals surface area contributed by atoms with Crippen molar-refractivity contribution in [2.75, 3.05) is 0 Å². The van der Waals surface area contributed by atoms with Crippen LogP contribution in [0.3, 0.4) is 0 Å². The lowest BCUT2D eigenvalue weighted by Crippen LogP contribution is -2.42. The molecule has 132 valence electrons. The van der Waals surface area contributed by atoms with Crippen molar-refractivity contribution in [3.05, 3.63) is 70.8 Å². The van der Waals surface area contributed by atoms with Crippen molar-refractivity contribution >= 4 is 22.8 Å². The van der Waals surface area contributed by atoms with Gasteiger partial charge >= 0.3 is 0 Å². The number of carbonyl (C=O) groups excluding carboxylic acids is 2. The number of carbonyl (C=O) groups is 2. The van der Waals surface area contributed by atoms with Gasteiger partial charge in [0.15, 0.2) is 0 Å². The number of nitrogens with zero attached hydrogens (tertiary/aromatic N) is 2. The summed E-state index contributed by atoms with van der Waals surface area (Å²) in [6.07, 6.45) is 0.0300. The summed E-state index contributed by atoms with van der Waals surface area (Å²) in [4.78, 5) is 32.9. The summed E-state index contributed by atoms with van der Waals surface area (Å²) in [5.74, 6) is -1.23. The predicted molar refractivity (Wildman–Crippen MR) is 94.7 cm³/mol. The molecule has 3 rings (SSSR count). The normalized spacial score (nSPS) is 10.6. The van der Waals surface area contributed by atoms with Crippen LogP contribution in [0.5, 0.6) is 0 Å². The molecule has 6 nitrogen and oxygen atoms in total. The summed E-state index contributed by atoms with van der Waals surface area (Å²) < 4.78 is 12.9. The fourth-order valence-corrected chi connectivity index (χ4v) is 2.40. The van der Waals surface area contributed by atoms with E-state index in [0.717, 1.165) is 11.4 Å². The number of hydrogen-bond acceptors (Lipinski definition) is 4. The smallest absolute Gasteiger partial charge is 0.269 e. The van der Waals surface area contributed by atoms with Crippen LogP contribution in [0.2, 0.25) is 0 Å². The molecule has 2 amide bonds. The molecule has 1 aromatic heterocycles. The van der Waals surface area contributed by atoms with Crippen LogP contribution in [0.15, 0.2) is 42.5 Å². The average molecular weight is 352 g/mol. The second-order valence-electron chi connectivity index (χ2n) is 5.90. The molecular weight excluding hydrogens is 335 g/mol. The molecule has 2 N–H and O–H groups in total. The van der Waals surface area contributed by atoms with Gasteiger partial charge in [-0.2, -0.15) is 0 Å². The van der Waals surface area contributed by atoms with Gasteiger partial charge in [-0.3, -0.25) is 20.4 Å². The van der Waals surface area contributed by atoms with E-state index in [2.05, 4.69) is 20.8 Å². The van der Waals surface area contributed by atoms with Gasteiger partial charge in [0.05, 0.1) is 28.8 Å². The topological polar surface area (TPSA) is 84.0 Å². The molecule has 0 aliphatic heterocycles. The first kappa shape index (κ1) is 17.5. The lowest BCUT2D eigenvalue weighted by molar-refractivity contribution is -0.121. The maximum absolute atomic E-state index is 12.9. The molecule has 0 spiro atoms. The minimum absolute atomic E-state index is 0.0300. The van der Waals surface area contributed by atoms with Crippen molar-refractivity contribution in [2.45, 2.75) is 20.3 Å². The summed E-state index contributed by atoms with van der Waals surface area (Å²) >= 11 is 0. The van der Waals surface area contributed by atoms with Crippen molar-refractivity contribution in [3.8, 4) is 0 Å². The van der Waals surface area contributed by atoms with Gasteiger partial charge in [-0.05, 0) is 49.7 Å². The number of halogens is 1. The van der Waals surface area contributed by atoms with Gasteiger partial charge in [0.2, 0.25) is 5.91 Å². The van der Waals surface area contributed by atoms with Gasteiger partial charge in [-0.15, -0.1) is 0 Å². The number of amides is 2. The molecule has 0 aliphatic carbocycles. The molecule has 1 heterocycles. The number of nitrogens with one attached hydrogen (secondary N) is 2. The highest BCUT2D eigenvalue weighted by molar-refractivity contribution is 5.98. The van der Waals surface area contributed by atoms with Gasteiger partial charge in [0.1, 0.15) is 5.82 Å². The summed E-state index contributed by atoms with van der Waals surface area (Å²) in [7, 11) is 0. The van der Waals surface area contributed by atoms with E-state index in [0.29, 0.717) is 22.2 Å². The number of rotatable bonds is 3. The molecule has 0 saturated heterocycles. The molecule has 0 atom stereocenters. The summed E-state index contributed by atoms with van der Waals surface area (Å²) in [5.41, 5.74) is 8.65.